The predicted octanol–water partition coefficient (Wildman–Crippen LogP) is 0.257. The van der Waals surface area contributed by atoms with Crippen LogP contribution in [0.25, 0.3) is 0 Å². The summed E-state index contributed by atoms with van der Waals surface area (Å²) in [6.07, 6.45) is 0. The van der Waals surface area contributed by atoms with Crippen LogP contribution in [-0.2, 0) is 0 Å². The Balaban J connectivity index is 2.43. The largest absolute Gasteiger partial charge is 0.492 e. The van der Waals surface area contributed by atoms with Crippen molar-refractivity contribution >= 4 is 5.69 Å². The lowest BCUT2D eigenvalue weighted by atomic mass is 10.3. The summed E-state index contributed by atoms with van der Waals surface area (Å²) in [5.41, 5.74) is 1.85. The van der Waals surface area contributed by atoms with Crippen LogP contribution in [0.3, 0.4) is 0 Å². The molecular weight excluding hydrogens is 180 g/mol. The summed E-state index contributed by atoms with van der Waals surface area (Å²) in [6, 6.07) is 7.62. The molecular formula is C10H17N2O2+. The van der Waals surface area contributed by atoms with Crippen LogP contribution in [-0.4, -0.2) is 24.9 Å². The molecule has 0 aliphatic heterocycles. The Kier molecular flexibility index (Phi) is 4.39. The number of nitrogens with one attached hydrogen (secondary N) is 1. The van der Waals surface area contributed by atoms with Gasteiger partial charge in [0.2, 0.25) is 0 Å². The van der Waals surface area contributed by atoms with E-state index in [9.17, 15) is 0 Å². The molecule has 78 valence electrons. The standard InChI is InChI=1S/C10H16N2O2/c1-8(11-2)7-14-10-5-3-9(12-13)4-6-10/h3-6,8,11-13H,7H2,1-2H3/p+1/t8-/m1/s1. The number of nitrogens with two attached hydrogens (primary N) is 1. The number of quaternary nitrogens is 1. The summed E-state index contributed by atoms with van der Waals surface area (Å²) < 4.78 is 5.50. The summed E-state index contributed by atoms with van der Waals surface area (Å²) in [5, 5.41) is 11.8. The van der Waals surface area contributed by atoms with E-state index >= 15 is 0 Å². The topological polar surface area (TPSA) is 58.1 Å². The number of likely N-dealkylation sites (N-methyl/N-ethyl adjacent to an activating group) is 1. The van der Waals surface area contributed by atoms with Crippen LogP contribution in [0.2, 0.25) is 0 Å². The predicted molar refractivity (Wildman–Crippen MR) is 53.8 cm³/mol. The van der Waals surface area contributed by atoms with Gasteiger partial charge < -0.3 is 10.1 Å². The fourth-order valence-electron chi connectivity index (χ4n) is 0.955. The lowest BCUT2D eigenvalue weighted by molar-refractivity contribution is -0.825. The van der Waals surface area contributed by atoms with Crippen molar-refractivity contribution < 1.29 is 15.4 Å². The lowest BCUT2D eigenvalue weighted by Gasteiger charge is -2.11. The Bertz CT molecular complexity index is 261. The van der Waals surface area contributed by atoms with Crippen molar-refractivity contribution in [3.05, 3.63) is 24.3 Å². The quantitative estimate of drug-likeness (QED) is 0.468. The first-order chi connectivity index (χ1) is 6.76. The summed E-state index contributed by atoms with van der Waals surface area (Å²) in [4.78, 5) is 0. The fourth-order valence-corrected chi connectivity index (χ4v) is 0.955. The van der Waals surface area contributed by atoms with Gasteiger partial charge in [0.05, 0.1) is 0 Å². The Morgan fingerprint density at radius 2 is 2.07 bits per heavy atom. The normalized spacial score (nSPS) is 12.5. The fraction of sp³-hybridized carbons (Fsp3) is 0.400. The monoisotopic (exact) mass is 197 g/mol. The van der Waals surface area contributed by atoms with Crippen molar-refractivity contribution in [1.29, 1.82) is 0 Å². The molecule has 0 aliphatic carbocycles. The number of ether oxygens (including phenoxy) is 1. The van der Waals surface area contributed by atoms with Crippen LogP contribution in [0.5, 0.6) is 5.75 Å². The van der Waals surface area contributed by atoms with Gasteiger partial charge >= 0.3 is 0 Å². The van der Waals surface area contributed by atoms with Crippen LogP contribution in [0.4, 0.5) is 5.69 Å². The van der Waals surface area contributed by atoms with E-state index in [0.29, 0.717) is 12.6 Å². The van der Waals surface area contributed by atoms with Gasteiger partial charge in [0.1, 0.15) is 12.4 Å². The molecule has 0 radical (unpaired) electrons. The second kappa shape index (κ2) is 5.59. The third-order valence-electron chi connectivity index (χ3n) is 2.02. The van der Waals surface area contributed by atoms with Crippen molar-refractivity contribution in [2.75, 3.05) is 13.7 Å². The lowest BCUT2D eigenvalue weighted by Crippen LogP contribution is -2.73. The van der Waals surface area contributed by atoms with Gasteiger partial charge in [-0.15, -0.1) is 0 Å². The van der Waals surface area contributed by atoms with Crippen LogP contribution in [0.1, 0.15) is 6.92 Å². The number of hydrogen-bond donors (Lipinski definition) is 3. The van der Waals surface area contributed by atoms with Crippen molar-refractivity contribution in [3.63, 3.8) is 0 Å². The molecule has 0 bridgehead atoms. The van der Waals surface area contributed by atoms with E-state index in [-0.39, 0.29) is 0 Å². The smallest absolute Gasteiger partial charge is 0.161 e. The van der Waals surface area contributed by atoms with Crippen molar-refractivity contribution in [3.8, 4) is 5.75 Å². The van der Waals surface area contributed by atoms with E-state index in [0.717, 1.165) is 16.9 Å². The maximum Gasteiger partial charge on any atom is 0.161 e. The van der Waals surface area contributed by atoms with E-state index in [1.807, 2.05) is 19.2 Å². The van der Waals surface area contributed by atoms with E-state index in [2.05, 4.69) is 12.2 Å². The minimum Gasteiger partial charge on any atom is -0.492 e. The molecule has 0 spiro atoms. The van der Waals surface area contributed by atoms with E-state index in [1.54, 1.807) is 12.1 Å². The van der Waals surface area contributed by atoms with Gasteiger partial charge in [0, 0.05) is 18.2 Å². The second-order valence-electron chi connectivity index (χ2n) is 3.20. The first-order valence-electron chi connectivity index (χ1n) is 4.64. The molecule has 0 aromatic heterocycles. The average molecular weight is 197 g/mol. The molecule has 1 atom stereocenters. The number of rotatable bonds is 5. The maximum atomic E-state index is 8.71. The van der Waals surface area contributed by atoms with Gasteiger partial charge in [-0.1, -0.05) is 0 Å². The van der Waals surface area contributed by atoms with Gasteiger partial charge in [-0.05, 0) is 26.1 Å². The van der Waals surface area contributed by atoms with E-state index in [1.165, 1.54) is 0 Å². The van der Waals surface area contributed by atoms with Crippen molar-refractivity contribution in [2.24, 2.45) is 0 Å². The molecule has 4 N–H and O–H groups in total. The SMILES string of the molecule is CN[C@H](C)COc1ccc([NH2+]O)cc1. The average Bonchev–Trinajstić information content (AvgIpc) is 2.26. The minimum atomic E-state index is 0.332. The Morgan fingerprint density at radius 3 is 2.57 bits per heavy atom. The zero-order chi connectivity index (χ0) is 10.4. The molecule has 1 aromatic rings. The van der Waals surface area contributed by atoms with Crippen LogP contribution in [0, 0.1) is 0 Å². The molecule has 0 saturated heterocycles. The highest BCUT2D eigenvalue weighted by molar-refractivity contribution is 5.34. The second-order valence-corrected chi connectivity index (χ2v) is 3.20. The molecule has 14 heavy (non-hydrogen) atoms. The highest BCUT2D eigenvalue weighted by Crippen LogP contribution is 2.12. The molecule has 4 nitrogen and oxygen atoms in total. The first kappa shape index (κ1) is 11.0. The van der Waals surface area contributed by atoms with E-state index in [4.69, 9.17) is 9.94 Å². The molecule has 4 heteroatoms. The van der Waals surface area contributed by atoms with Gasteiger partial charge in [-0.2, -0.15) is 5.48 Å². The molecule has 0 fully saturated rings. The molecule has 0 heterocycles. The maximum absolute atomic E-state index is 8.71. The highest BCUT2D eigenvalue weighted by Gasteiger charge is 2.00. The van der Waals surface area contributed by atoms with Crippen LogP contribution >= 0.6 is 0 Å². The summed E-state index contributed by atoms with van der Waals surface area (Å²) >= 11 is 0. The summed E-state index contributed by atoms with van der Waals surface area (Å²) in [6.45, 7) is 2.69. The Labute approximate surface area is 83.9 Å². The first-order valence-corrected chi connectivity index (χ1v) is 4.64. The van der Waals surface area contributed by atoms with Gasteiger partial charge in [-0.25, -0.2) is 5.21 Å². The van der Waals surface area contributed by atoms with Crippen LogP contribution in [0.15, 0.2) is 24.3 Å². The molecule has 0 amide bonds. The van der Waals surface area contributed by atoms with Crippen molar-refractivity contribution in [1.82, 2.24) is 5.32 Å². The summed E-state index contributed by atoms with van der Waals surface area (Å²) in [7, 11) is 1.90. The highest BCUT2D eigenvalue weighted by atomic mass is 16.5. The molecule has 1 aromatic carbocycles. The van der Waals surface area contributed by atoms with Crippen molar-refractivity contribution in [2.45, 2.75) is 13.0 Å². The van der Waals surface area contributed by atoms with Gasteiger partial charge in [0.25, 0.3) is 0 Å². The molecule has 1 rings (SSSR count). The number of hydrogen-bond acceptors (Lipinski definition) is 3. The number of benzene rings is 1. The zero-order valence-electron chi connectivity index (χ0n) is 8.53. The minimum absolute atomic E-state index is 0.332. The molecule has 0 unspecified atom stereocenters. The van der Waals surface area contributed by atoms with Gasteiger partial charge in [-0.3, -0.25) is 0 Å². The summed E-state index contributed by atoms with van der Waals surface area (Å²) in [5.74, 6) is 0.817. The Hall–Kier alpha value is -1.10. The zero-order valence-corrected chi connectivity index (χ0v) is 8.53. The van der Waals surface area contributed by atoms with E-state index < -0.39 is 0 Å². The third kappa shape index (κ3) is 3.33. The molecule has 0 saturated carbocycles. The molecule has 0 aliphatic rings. The Morgan fingerprint density at radius 1 is 1.43 bits per heavy atom. The van der Waals surface area contributed by atoms with Crippen LogP contribution < -0.4 is 15.5 Å². The van der Waals surface area contributed by atoms with Gasteiger partial charge in [0.15, 0.2) is 5.69 Å². The third-order valence-corrected chi connectivity index (χ3v) is 2.02.